The second kappa shape index (κ2) is 4.91. The number of carbonyl (C=O) groups is 1. The summed E-state index contributed by atoms with van der Waals surface area (Å²) in [6, 6.07) is 1.51. The molecule has 7 heteroatoms. The molecule has 0 saturated carbocycles. The average Bonchev–Trinajstić information content (AvgIpc) is 2.66. The van der Waals surface area contributed by atoms with Crippen LogP contribution in [0.2, 0.25) is 10.2 Å². The number of halogens is 2. The van der Waals surface area contributed by atoms with Gasteiger partial charge in [-0.2, -0.15) is 0 Å². The Morgan fingerprint density at radius 1 is 1.56 bits per heavy atom. The first kappa shape index (κ1) is 13.4. The monoisotopic (exact) mass is 290 g/mol. The number of amides is 1. The number of carboxylic acid groups (broad SMARTS) is 1. The van der Waals surface area contributed by atoms with Crippen molar-refractivity contribution in [3.63, 3.8) is 0 Å². The zero-order valence-corrected chi connectivity index (χ0v) is 10.9. The highest BCUT2D eigenvalue weighted by atomic mass is 35.5. The van der Waals surface area contributed by atoms with Gasteiger partial charge >= 0.3 is 6.09 Å². The molecule has 1 unspecified atom stereocenters. The van der Waals surface area contributed by atoms with Crippen LogP contribution in [-0.2, 0) is 6.42 Å². The van der Waals surface area contributed by atoms with Crippen LogP contribution in [0.25, 0.3) is 0 Å². The molecule has 1 fully saturated rings. The summed E-state index contributed by atoms with van der Waals surface area (Å²) in [4.78, 5) is 15.9. The van der Waals surface area contributed by atoms with Gasteiger partial charge in [-0.15, -0.1) is 0 Å². The Morgan fingerprint density at radius 3 is 2.83 bits per heavy atom. The van der Waals surface area contributed by atoms with Crippen LogP contribution in [0.15, 0.2) is 12.3 Å². The van der Waals surface area contributed by atoms with Gasteiger partial charge in [0.15, 0.2) is 0 Å². The van der Waals surface area contributed by atoms with E-state index in [2.05, 4.69) is 4.98 Å². The van der Waals surface area contributed by atoms with E-state index in [4.69, 9.17) is 28.3 Å². The lowest BCUT2D eigenvalue weighted by molar-refractivity contribution is 0.0492. The first-order chi connectivity index (χ1) is 8.39. The highest BCUT2D eigenvalue weighted by molar-refractivity contribution is 6.34. The van der Waals surface area contributed by atoms with Crippen LogP contribution >= 0.6 is 23.2 Å². The van der Waals surface area contributed by atoms with E-state index in [0.717, 1.165) is 0 Å². The third kappa shape index (κ3) is 2.85. The molecule has 18 heavy (non-hydrogen) atoms. The maximum atomic E-state index is 10.8. The van der Waals surface area contributed by atoms with Crippen molar-refractivity contribution < 1.29 is 15.0 Å². The fourth-order valence-electron chi connectivity index (χ4n) is 2.08. The number of aliphatic hydroxyl groups is 1. The minimum atomic E-state index is -1.09. The summed E-state index contributed by atoms with van der Waals surface area (Å²) in [5.74, 6) is 0. The first-order valence-electron chi connectivity index (χ1n) is 5.40. The molecule has 0 radical (unpaired) electrons. The van der Waals surface area contributed by atoms with Crippen molar-refractivity contribution >= 4 is 29.3 Å². The smallest absolute Gasteiger partial charge is 0.407 e. The molecule has 98 valence electrons. The molecule has 1 aliphatic heterocycles. The third-order valence-corrected chi connectivity index (χ3v) is 3.58. The van der Waals surface area contributed by atoms with E-state index in [0.29, 0.717) is 23.6 Å². The van der Waals surface area contributed by atoms with Crippen LogP contribution in [0.5, 0.6) is 0 Å². The van der Waals surface area contributed by atoms with E-state index in [-0.39, 0.29) is 18.1 Å². The lowest BCUT2D eigenvalue weighted by Crippen LogP contribution is -2.37. The number of hydrogen-bond donors (Lipinski definition) is 2. The van der Waals surface area contributed by atoms with Gasteiger partial charge in [-0.05, 0) is 18.1 Å². The molecule has 1 atom stereocenters. The van der Waals surface area contributed by atoms with E-state index in [1.54, 1.807) is 0 Å². The maximum absolute atomic E-state index is 10.8. The predicted molar refractivity (Wildman–Crippen MR) is 67.1 cm³/mol. The average molecular weight is 291 g/mol. The number of likely N-dealkylation sites (tertiary alicyclic amines) is 1. The van der Waals surface area contributed by atoms with E-state index in [9.17, 15) is 9.90 Å². The summed E-state index contributed by atoms with van der Waals surface area (Å²) in [6.45, 7) is 0.408. The number of pyridine rings is 1. The van der Waals surface area contributed by atoms with Crippen LogP contribution in [-0.4, -0.2) is 44.9 Å². The molecule has 1 amide bonds. The highest BCUT2D eigenvalue weighted by Crippen LogP contribution is 2.29. The SMILES string of the molecule is O=C(O)N1CCC(O)(Cc2cnc(Cl)cc2Cl)C1. The molecule has 0 aromatic carbocycles. The van der Waals surface area contributed by atoms with Crippen molar-refractivity contribution in [2.45, 2.75) is 18.4 Å². The van der Waals surface area contributed by atoms with Crippen LogP contribution in [0.3, 0.4) is 0 Å². The van der Waals surface area contributed by atoms with Gasteiger partial charge in [-0.25, -0.2) is 9.78 Å². The van der Waals surface area contributed by atoms with Crippen molar-refractivity contribution in [1.29, 1.82) is 0 Å². The molecule has 0 aliphatic carbocycles. The second-order valence-electron chi connectivity index (χ2n) is 4.45. The van der Waals surface area contributed by atoms with Crippen molar-refractivity contribution in [3.05, 3.63) is 28.0 Å². The summed E-state index contributed by atoms with van der Waals surface area (Å²) in [5, 5.41) is 19.9. The molecule has 1 aromatic rings. The first-order valence-corrected chi connectivity index (χ1v) is 6.15. The van der Waals surface area contributed by atoms with Crippen LogP contribution in [0.4, 0.5) is 4.79 Å². The number of hydrogen-bond acceptors (Lipinski definition) is 3. The number of nitrogens with zero attached hydrogens (tertiary/aromatic N) is 2. The van der Waals surface area contributed by atoms with Gasteiger partial charge in [0, 0.05) is 24.2 Å². The molecule has 2 heterocycles. The molecule has 1 aliphatic rings. The predicted octanol–water partition coefficient (Wildman–Crippen LogP) is 2.05. The van der Waals surface area contributed by atoms with Crippen LogP contribution in [0.1, 0.15) is 12.0 Å². The quantitative estimate of drug-likeness (QED) is 0.818. The Bertz CT molecular complexity index is 483. The summed E-state index contributed by atoms with van der Waals surface area (Å²) < 4.78 is 0. The topological polar surface area (TPSA) is 73.7 Å². The molecular formula is C11H12Cl2N2O3. The van der Waals surface area contributed by atoms with Crippen LogP contribution in [0, 0.1) is 0 Å². The van der Waals surface area contributed by atoms with Crippen molar-refractivity contribution in [3.8, 4) is 0 Å². The molecule has 1 saturated heterocycles. The van der Waals surface area contributed by atoms with Gasteiger partial charge in [0.1, 0.15) is 5.15 Å². The van der Waals surface area contributed by atoms with Gasteiger partial charge in [0.2, 0.25) is 0 Å². The molecule has 1 aromatic heterocycles. The molecule has 2 rings (SSSR count). The Labute approximate surface area is 114 Å². The van der Waals surface area contributed by atoms with Gasteiger partial charge < -0.3 is 15.1 Å². The van der Waals surface area contributed by atoms with Gasteiger partial charge in [0.05, 0.1) is 12.1 Å². The second-order valence-corrected chi connectivity index (χ2v) is 5.25. The van der Waals surface area contributed by atoms with Gasteiger partial charge in [-0.3, -0.25) is 0 Å². The van der Waals surface area contributed by atoms with Crippen molar-refractivity contribution in [2.75, 3.05) is 13.1 Å². The maximum Gasteiger partial charge on any atom is 0.407 e. The van der Waals surface area contributed by atoms with E-state index < -0.39 is 11.7 Å². The number of rotatable bonds is 2. The number of β-amino-alcohol motifs (C(OH)–C–C–N with tert-alkyl or cyclic N) is 1. The van der Waals surface area contributed by atoms with Crippen LogP contribution < -0.4 is 0 Å². The molecule has 2 N–H and O–H groups in total. The standard InChI is InChI=1S/C11H12Cl2N2O3/c12-8-3-9(13)14-5-7(8)4-11(18)1-2-15(6-11)10(16)17/h3,5,18H,1-2,4,6H2,(H,16,17). The largest absolute Gasteiger partial charge is 0.465 e. The molecule has 5 nitrogen and oxygen atoms in total. The van der Waals surface area contributed by atoms with Gasteiger partial charge in [0.25, 0.3) is 0 Å². The summed E-state index contributed by atoms with van der Waals surface area (Å²) >= 11 is 11.7. The minimum absolute atomic E-state index is 0.0846. The zero-order chi connectivity index (χ0) is 13.3. The summed E-state index contributed by atoms with van der Waals surface area (Å²) in [5.41, 5.74) is -0.423. The Morgan fingerprint density at radius 2 is 2.28 bits per heavy atom. The number of aromatic nitrogens is 1. The molecule has 0 bridgehead atoms. The van der Waals surface area contributed by atoms with E-state index in [1.165, 1.54) is 17.2 Å². The molecule has 0 spiro atoms. The summed E-state index contributed by atoms with van der Waals surface area (Å²) in [6.07, 6.45) is 1.13. The normalized spacial score (nSPS) is 23.4. The van der Waals surface area contributed by atoms with E-state index >= 15 is 0 Å². The lowest BCUT2D eigenvalue weighted by Gasteiger charge is -2.22. The zero-order valence-electron chi connectivity index (χ0n) is 9.44. The summed E-state index contributed by atoms with van der Waals surface area (Å²) in [7, 11) is 0. The van der Waals surface area contributed by atoms with Crippen molar-refractivity contribution in [1.82, 2.24) is 9.88 Å². The lowest BCUT2D eigenvalue weighted by atomic mass is 9.95. The minimum Gasteiger partial charge on any atom is -0.465 e. The Kier molecular flexibility index (Phi) is 3.66. The third-order valence-electron chi connectivity index (χ3n) is 3.02. The Hall–Kier alpha value is -1.04. The highest BCUT2D eigenvalue weighted by Gasteiger charge is 2.38. The van der Waals surface area contributed by atoms with Crippen molar-refractivity contribution in [2.24, 2.45) is 0 Å². The van der Waals surface area contributed by atoms with E-state index in [1.807, 2.05) is 0 Å². The fourth-order valence-corrected chi connectivity index (χ4v) is 2.52. The molecular weight excluding hydrogens is 279 g/mol. The fraction of sp³-hybridized carbons (Fsp3) is 0.455. The Balaban J connectivity index is 2.12. The van der Waals surface area contributed by atoms with Gasteiger partial charge in [-0.1, -0.05) is 23.2 Å².